The molecule has 0 saturated carbocycles. The number of nitrogens with one attached hydrogen (secondary N) is 1. The summed E-state index contributed by atoms with van der Waals surface area (Å²) in [7, 11) is 1.59. The lowest BCUT2D eigenvalue weighted by atomic mass is 10.1. The molecule has 5 heteroatoms. The highest BCUT2D eigenvalue weighted by molar-refractivity contribution is 7.98. The summed E-state index contributed by atoms with van der Waals surface area (Å²) in [5.74, 6) is 0.665. The molecule has 118 valence electrons. The first-order valence-corrected chi connectivity index (χ1v) is 8.41. The van der Waals surface area contributed by atoms with Crippen molar-refractivity contribution >= 4 is 28.4 Å². The average Bonchev–Trinajstić information content (AvgIpc) is 2.59. The van der Waals surface area contributed by atoms with Crippen LogP contribution in [0.4, 0.5) is 5.69 Å². The van der Waals surface area contributed by atoms with Crippen LogP contribution >= 0.6 is 11.8 Å². The fourth-order valence-electron chi connectivity index (χ4n) is 2.39. The molecule has 23 heavy (non-hydrogen) atoms. The normalized spacial score (nSPS) is 10.7. The second kappa shape index (κ2) is 6.79. The number of hydrogen-bond donors (Lipinski definition) is 1. The van der Waals surface area contributed by atoms with Gasteiger partial charge in [0.15, 0.2) is 0 Å². The maximum atomic E-state index is 11.8. The quantitative estimate of drug-likeness (QED) is 0.564. The van der Waals surface area contributed by atoms with Crippen molar-refractivity contribution in [1.29, 1.82) is 0 Å². The van der Waals surface area contributed by atoms with E-state index >= 15 is 0 Å². The molecule has 1 N–H and O–H groups in total. The van der Waals surface area contributed by atoms with Gasteiger partial charge in [-0.1, -0.05) is 0 Å². The molecule has 0 radical (unpaired) electrons. The minimum atomic E-state index is -0.361. The lowest BCUT2D eigenvalue weighted by molar-refractivity contribution is 0.414. The summed E-state index contributed by atoms with van der Waals surface area (Å²) in [6.45, 7) is 0.549. The van der Waals surface area contributed by atoms with Gasteiger partial charge in [0.2, 0.25) is 0 Å². The molecular formula is C18H17NO3S. The van der Waals surface area contributed by atoms with E-state index in [-0.39, 0.29) is 5.63 Å². The first-order valence-electron chi connectivity index (χ1n) is 7.18. The summed E-state index contributed by atoms with van der Waals surface area (Å²) < 4.78 is 10.4. The molecule has 0 atom stereocenters. The molecule has 0 fully saturated rings. The third-order valence-corrected chi connectivity index (χ3v) is 4.35. The van der Waals surface area contributed by atoms with Crippen molar-refractivity contribution in [2.24, 2.45) is 0 Å². The van der Waals surface area contributed by atoms with Crippen molar-refractivity contribution in [1.82, 2.24) is 0 Å². The van der Waals surface area contributed by atoms with Crippen LogP contribution < -0.4 is 15.7 Å². The highest BCUT2D eigenvalue weighted by atomic mass is 32.2. The Hall–Kier alpha value is -2.40. The summed E-state index contributed by atoms with van der Waals surface area (Å²) in [5, 5.41) is 4.24. The summed E-state index contributed by atoms with van der Waals surface area (Å²) in [6.07, 6.45) is 2.05. The number of fused-ring (bicyclic) bond motifs is 1. The number of hydrogen-bond acceptors (Lipinski definition) is 5. The molecule has 3 rings (SSSR count). The number of rotatable bonds is 5. The Morgan fingerprint density at radius 2 is 1.91 bits per heavy atom. The Morgan fingerprint density at radius 1 is 1.13 bits per heavy atom. The number of benzene rings is 2. The smallest absolute Gasteiger partial charge is 0.336 e. The lowest BCUT2D eigenvalue weighted by Crippen LogP contribution is -2.05. The van der Waals surface area contributed by atoms with Crippen LogP contribution in [0, 0.1) is 0 Å². The van der Waals surface area contributed by atoms with E-state index in [1.165, 1.54) is 11.0 Å². The molecule has 0 aliphatic heterocycles. The molecule has 0 saturated heterocycles. The zero-order valence-corrected chi connectivity index (χ0v) is 13.8. The summed E-state index contributed by atoms with van der Waals surface area (Å²) in [4.78, 5) is 13.0. The van der Waals surface area contributed by atoms with Gasteiger partial charge in [-0.25, -0.2) is 4.79 Å². The van der Waals surface area contributed by atoms with E-state index < -0.39 is 0 Å². The molecule has 0 spiro atoms. The van der Waals surface area contributed by atoms with Gasteiger partial charge < -0.3 is 14.5 Å². The second-order valence-corrected chi connectivity index (χ2v) is 5.91. The van der Waals surface area contributed by atoms with Crippen molar-refractivity contribution in [3.05, 3.63) is 64.5 Å². The minimum Gasteiger partial charge on any atom is -0.497 e. The first kappa shape index (κ1) is 15.5. The average molecular weight is 327 g/mol. The van der Waals surface area contributed by atoms with Crippen molar-refractivity contribution in [3.63, 3.8) is 0 Å². The monoisotopic (exact) mass is 327 g/mol. The van der Waals surface area contributed by atoms with E-state index in [9.17, 15) is 4.79 Å². The largest absolute Gasteiger partial charge is 0.497 e. The molecule has 0 aliphatic rings. The van der Waals surface area contributed by atoms with Crippen molar-refractivity contribution in [3.8, 4) is 5.75 Å². The predicted molar refractivity (Wildman–Crippen MR) is 94.6 cm³/mol. The Balaban J connectivity index is 1.88. The van der Waals surface area contributed by atoms with Crippen LogP contribution in [0.15, 0.2) is 62.6 Å². The molecule has 4 nitrogen and oxygen atoms in total. The topological polar surface area (TPSA) is 51.5 Å². The molecule has 1 aromatic heterocycles. The Labute approximate surface area is 138 Å². The maximum absolute atomic E-state index is 11.8. The van der Waals surface area contributed by atoms with Gasteiger partial charge in [0.1, 0.15) is 11.3 Å². The van der Waals surface area contributed by atoms with Crippen molar-refractivity contribution in [2.75, 3.05) is 18.7 Å². The van der Waals surface area contributed by atoms with Crippen LogP contribution in [-0.2, 0) is 6.54 Å². The van der Waals surface area contributed by atoms with Gasteiger partial charge >= 0.3 is 5.63 Å². The summed E-state index contributed by atoms with van der Waals surface area (Å²) >= 11 is 1.71. The first-order chi connectivity index (χ1) is 11.2. The minimum absolute atomic E-state index is 0.361. The van der Waals surface area contributed by atoms with E-state index in [1.807, 2.05) is 30.5 Å². The highest BCUT2D eigenvalue weighted by Gasteiger charge is 2.07. The van der Waals surface area contributed by atoms with E-state index in [0.29, 0.717) is 17.9 Å². The van der Waals surface area contributed by atoms with Gasteiger partial charge in [-0.15, -0.1) is 11.8 Å². The highest BCUT2D eigenvalue weighted by Crippen LogP contribution is 2.23. The van der Waals surface area contributed by atoms with Crippen LogP contribution in [0.25, 0.3) is 11.0 Å². The second-order valence-electron chi connectivity index (χ2n) is 5.03. The molecule has 3 aromatic rings. The molecule has 1 heterocycles. The molecule has 0 aliphatic carbocycles. The van der Waals surface area contributed by atoms with E-state index in [4.69, 9.17) is 9.15 Å². The molecule has 0 unspecified atom stereocenters. The predicted octanol–water partition coefficient (Wildman–Crippen LogP) is 4.14. The molecule has 0 amide bonds. The van der Waals surface area contributed by atoms with Gasteiger partial charge in [0, 0.05) is 34.6 Å². The van der Waals surface area contributed by atoms with E-state index in [0.717, 1.165) is 16.6 Å². The van der Waals surface area contributed by atoms with Gasteiger partial charge in [0.05, 0.1) is 7.11 Å². The van der Waals surface area contributed by atoms with Gasteiger partial charge in [-0.05, 0) is 48.2 Å². The maximum Gasteiger partial charge on any atom is 0.336 e. The van der Waals surface area contributed by atoms with Crippen LogP contribution in [0.5, 0.6) is 5.75 Å². The van der Waals surface area contributed by atoms with Gasteiger partial charge in [0.25, 0.3) is 0 Å². The Kier molecular flexibility index (Phi) is 4.57. The zero-order chi connectivity index (χ0) is 16.2. The van der Waals surface area contributed by atoms with Crippen LogP contribution in [0.1, 0.15) is 5.56 Å². The molecule has 0 bridgehead atoms. The lowest BCUT2D eigenvalue weighted by Gasteiger charge is -2.10. The van der Waals surface area contributed by atoms with Crippen LogP contribution in [-0.4, -0.2) is 13.4 Å². The number of ether oxygens (including phenoxy) is 1. The fourth-order valence-corrected chi connectivity index (χ4v) is 2.80. The van der Waals surface area contributed by atoms with E-state index in [1.54, 1.807) is 24.9 Å². The molecule has 2 aromatic carbocycles. The number of methoxy groups -OCH3 is 1. The third-order valence-electron chi connectivity index (χ3n) is 3.61. The third kappa shape index (κ3) is 3.51. The van der Waals surface area contributed by atoms with Crippen LogP contribution in [0.2, 0.25) is 0 Å². The SMILES string of the molecule is COc1ccc2c(CNc3ccc(SC)cc3)cc(=O)oc2c1. The molecular weight excluding hydrogens is 310 g/mol. The Bertz CT molecular complexity index is 872. The standard InChI is InChI=1S/C18H17NO3S/c1-21-14-5-8-16-12(9-18(20)22-17(16)10-14)11-19-13-3-6-15(23-2)7-4-13/h3-10,19H,11H2,1-2H3. The van der Waals surface area contributed by atoms with Crippen LogP contribution in [0.3, 0.4) is 0 Å². The number of anilines is 1. The van der Waals surface area contributed by atoms with Crippen molar-refractivity contribution < 1.29 is 9.15 Å². The van der Waals surface area contributed by atoms with Gasteiger partial charge in [-0.2, -0.15) is 0 Å². The number of thioether (sulfide) groups is 1. The zero-order valence-electron chi connectivity index (χ0n) is 13.0. The summed E-state index contributed by atoms with van der Waals surface area (Å²) in [6, 6.07) is 15.2. The van der Waals surface area contributed by atoms with E-state index in [2.05, 4.69) is 17.4 Å². The fraction of sp³-hybridized carbons (Fsp3) is 0.167. The Morgan fingerprint density at radius 3 is 2.61 bits per heavy atom. The van der Waals surface area contributed by atoms with Gasteiger partial charge in [-0.3, -0.25) is 0 Å². The summed E-state index contributed by atoms with van der Waals surface area (Å²) in [5.41, 5.74) is 2.08. The van der Waals surface area contributed by atoms with Crippen molar-refractivity contribution in [2.45, 2.75) is 11.4 Å².